The summed E-state index contributed by atoms with van der Waals surface area (Å²) in [6.07, 6.45) is 1.08. The highest BCUT2D eigenvalue weighted by atomic mass is 19.4. The van der Waals surface area contributed by atoms with Crippen molar-refractivity contribution in [3.63, 3.8) is 0 Å². The Hall–Kier alpha value is -4.61. The minimum atomic E-state index is -4.64. The smallest absolute Gasteiger partial charge is 0.421 e. The number of carbonyl (C=O) groups excluding carboxylic acids is 2. The van der Waals surface area contributed by atoms with E-state index < -0.39 is 17.6 Å². The number of fused-ring (bicyclic) bond motifs is 1. The lowest BCUT2D eigenvalue weighted by atomic mass is 10.0. The zero-order chi connectivity index (χ0) is 27.7. The second-order valence-corrected chi connectivity index (χ2v) is 8.99. The van der Waals surface area contributed by atoms with Crippen molar-refractivity contribution in [2.24, 2.45) is 0 Å². The molecule has 1 saturated heterocycles. The van der Waals surface area contributed by atoms with Crippen molar-refractivity contribution in [1.29, 1.82) is 0 Å². The summed E-state index contributed by atoms with van der Waals surface area (Å²) in [7, 11) is 1.13. The SMILES string of the molecule is COc1ncc(-c2ccc3ncnc(-c4cncc(C(=O)N5CCN(C(C)=O)CC5)c4)c3c2)cc1C(F)(F)F. The van der Waals surface area contributed by atoms with Gasteiger partial charge in [-0.05, 0) is 29.8 Å². The van der Waals surface area contributed by atoms with Gasteiger partial charge in [0.1, 0.15) is 11.9 Å². The molecule has 4 heterocycles. The number of methoxy groups -OCH3 is 1. The van der Waals surface area contributed by atoms with Crippen LogP contribution in [0.3, 0.4) is 0 Å². The molecule has 12 heteroatoms. The van der Waals surface area contributed by atoms with Crippen LogP contribution in [0.25, 0.3) is 33.3 Å². The normalized spacial score (nSPS) is 14.0. The number of piperazine rings is 1. The van der Waals surface area contributed by atoms with E-state index >= 15 is 0 Å². The van der Waals surface area contributed by atoms with Crippen LogP contribution in [0, 0.1) is 0 Å². The van der Waals surface area contributed by atoms with E-state index in [0.717, 1.165) is 13.2 Å². The Morgan fingerprint density at radius 2 is 1.62 bits per heavy atom. The van der Waals surface area contributed by atoms with Gasteiger partial charge in [-0.1, -0.05) is 6.07 Å². The van der Waals surface area contributed by atoms with E-state index in [-0.39, 0.29) is 17.4 Å². The van der Waals surface area contributed by atoms with Crippen LogP contribution in [0.5, 0.6) is 5.88 Å². The van der Waals surface area contributed by atoms with E-state index in [1.165, 1.54) is 25.6 Å². The van der Waals surface area contributed by atoms with E-state index in [1.54, 1.807) is 40.3 Å². The fourth-order valence-corrected chi connectivity index (χ4v) is 4.54. The maximum Gasteiger partial charge on any atom is 0.421 e. The molecule has 4 aromatic rings. The van der Waals surface area contributed by atoms with E-state index in [4.69, 9.17) is 4.74 Å². The van der Waals surface area contributed by atoms with Gasteiger partial charge in [0.05, 0.1) is 23.9 Å². The molecule has 1 fully saturated rings. The number of rotatable bonds is 4. The number of benzene rings is 1. The Labute approximate surface area is 221 Å². The van der Waals surface area contributed by atoms with Crippen LogP contribution < -0.4 is 4.74 Å². The number of amides is 2. The highest BCUT2D eigenvalue weighted by molar-refractivity contribution is 5.98. The van der Waals surface area contributed by atoms with Crippen molar-refractivity contribution < 1.29 is 27.5 Å². The van der Waals surface area contributed by atoms with Gasteiger partial charge in [-0.25, -0.2) is 15.0 Å². The van der Waals surface area contributed by atoms with E-state index in [9.17, 15) is 22.8 Å². The number of hydrogen-bond donors (Lipinski definition) is 0. The van der Waals surface area contributed by atoms with Crippen LogP contribution in [0.1, 0.15) is 22.8 Å². The lowest BCUT2D eigenvalue weighted by Crippen LogP contribution is -2.50. The van der Waals surface area contributed by atoms with Gasteiger partial charge in [0.25, 0.3) is 5.91 Å². The van der Waals surface area contributed by atoms with Gasteiger partial charge in [-0.2, -0.15) is 13.2 Å². The molecule has 9 nitrogen and oxygen atoms in total. The predicted octanol–water partition coefficient (Wildman–Crippen LogP) is 4.09. The summed E-state index contributed by atoms with van der Waals surface area (Å²) in [4.78, 5) is 44.9. The predicted molar refractivity (Wildman–Crippen MR) is 136 cm³/mol. The minimum Gasteiger partial charge on any atom is -0.481 e. The molecule has 1 aliphatic heterocycles. The summed E-state index contributed by atoms with van der Waals surface area (Å²) in [5, 5.41) is 0.570. The molecule has 39 heavy (non-hydrogen) atoms. The monoisotopic (exact) mass is 536 g/mol. The molecule has 2 amide bonds. The van der Waals surface area contributed by atoms with Crippen LogP contribution in [-0.4, -0.2) is 74.8 Å². The van der Waals surface area contributed by atoms with Crippen LogP contribution in [0.2, 0.25) is 0 Å². The molecular formula is C27H23F3N6O3. The van der Waals surface area contributed by atoms with Gasteiger partial charge in [0.15, 0.2) is 0 Å². The van der Waals surface area contributed by atoms with Crippen molar-refractivity contribution in [3.8, 4) is 28.3 Å². The third-order valence-corrected chi connectivity index (χ3v) is 6.59. The summed E-state index contributed by atoms with van der Waals surface area (Å²) in [6, 6.07) is 7.69. The Morgan fingerprint density at radius 3 is 2.31 bits per heavy atom. The fraction of sp³-hybridized carbons (Fsp3) is 0.259. The number of ether oxygens (including phenoxy) is 1. The van der Waals surface area contributed by atoms with Crippen molar-refractivity contribution in [2.75, 3.05) is 33.3 Å². The van der Waals surface area contributed by atoms with Crippen molar-refractivity contribution >= 4 is 22.7 Å². The molecule has 1 aliphatic rings. The first-order valence-electron chi connectivity index (χ1n) is 12.0. The van der Waals surface area contributed by atoms with Gasteiger partial charge in [0, 0.05) is 68.2 Å². The molecule has 200 valence electrons. The molecule has 0 aliphatic carbocycles. The van der Waals surface area contributed by atoms with Crippen molar-refractivity contribution in [3.05, 3.63) is 66.4 Å². The lowest BCUT2D eigenvalue weighted by Gasteiger charge is -2.34. The summed E-state index contributed by atoms with van der Waals surface area (Å²) >= 11 is 0. The third kappa shape index (κ3) is 5.22. The molecule has 5 rings (SSSR count). The summed E-state index contributed by atoms with van der Waals surface area (Å²) in [6.45, 7) is 3.26. The fourth-order valence-electron chi connectivity index (χ4n) is 4.54. The molecule has 0 N–H and O–H groups in total. The molecule has 0 radical (unpaired) electrons. The molecule has 0 unspecified atom stereocenters. The second-order valence-electron chi connectivity index (χ2n) is 8.99. The first-order valence-corrected chi connectivity index (χ1v) is 12.0. The molecule has 1 aromatic carbocycles. The molecule has 0 atom stereocenters. The Bertz CT molecular complexity index is 1570. The first-order chi connectivity index (χ1) is 18.7. The van der Waals surface area contributed by atoms with E-state index in [0.29, 0.717) is 59.5 Å². The maximum absolute atomic E-state index is 13.6. The van der Waals surface area contributed by atoms with Gasteiger partial charge >= 0.3 is 6.18 Å². The summed E-state index contributed by atoms with van der Waals surface area (Å²) in [5.74, 6) is -0.747. The number of hydrogen-bond acceptors (Lipinski definition) is 7. The highest BCUT2D eigenvalue weighted by Gasteiger charge is 2.35. The zero-order valence-electron chi connectivity index (χ0n) is 21.1. The Balaban J connectivity index is 1.50. The van der Waals surface area contributed by atoms with Crippen LogP contribution in [0.15, 0.2) is 55.2 Å². The topological polar surface area (TPSA) is 101 Å². The lowest BCUT2D eigenvalue weighted by molar-refractivity contribution is -0.139. The molecular weight excluding hydrogens is 513 g/mol. The standard InChI is InChI=1S/C27H23F3N6O3/c1-16(37)35-5-7-36(8-6-35)26(38)20-9-19(12-31-13-20)24-21-10-17(3-4-23(21)33-15-34-24)18-11-22(27(28,29)30)25(39-2)32-14-18/h3-4,9-15H,5-8H2,1-2H3. The van der Waals surface area contributed by atoms with Gasteiger partial charge in [-0.3, -0.25) is 14.6 Å². The van der Waals surface area contributed by atoms with Gasteiger partial charge in [0.2, 0.25) is 11.8 Å². The Morgan fingerprint density at radius 1 is 0.872 bits per heavy atom. The number of carbonyl (C=O) groups is 2. The molecule has 0 bridgehead atoms. The maximum atomic E-state index is 13.6. The largest absolute Gasteiger partial charge is 0.481 e. The molecule has 3 aromatic heterocycles. The average molecular weight is 537 g/mol. The highest BCUT2D eigenvalue weighted by Crippen LogP contribution is 2.38. The van der Waals surface area contributed by atoms with Crippen LogP contribution >= 0.6 is 0 Å². The van der Waals surface area contributed by atoms with E-state index in [2.05, 4.69) is 19.9 Å². The number of alkyl halides is 3. The van der Waals surface area contributed by atoms with Crippen LogP contribution in [0.4, 0.5) is 13.2 Å². The minimum absolute atomic E-state index is 0.0270. The summed E-state index contributed by atoms with van der Waals surface area (Å²) < 4.78 is 45.5. The number of nitrogens with zero attached hydrogens (tertiary/aromatic N) is 6. The summed E-state index contributed by atoms with van der Waals surface area (Å²) in [5.41, 5.74) is 1.69. The van der Waals surface area contributed by atoms with Crippen molar-refractivity contribution in [2.45, 2.75) is 13.1 Å². The average Bonchev–Trinajstić information content (AvgIpc) is 2.95. The van der Waals surface area contributed by atoms with Gasteiger partial charge in [-0.15, -0.1) is 0 Å². The van der Waals surface area contributed by atoms with Gasteiger partial charge < -0.3 is 14.5 Å². The number of aromatic nitrogens is 4. The Kier molecular flexibility index (Phi) is 6.85. The van der Waals surface area contributed by atoms with Crippen LogP contribution in [-0.2, 0) is 11.0 Å². The quantitative estimate of drug-likeness (QED) is 0.387. The second kappa shape index (κ2) is 10.3. The third-order valence-electron chi connectivity index (χ3n) is 6.59. The molecule has 0 spiro atoms. The van der Waals surface area contributed by atoms with Crippen molar-refractivity contribution in [1.82, 2.24) is 29.7 Å². The number of halogens is 3. The first kappa shape index (κ1) is 26.0. The zero-order valence-corrected chi connectivity index (χ0v) is 21.1. The number of pyridine rings is 2. The molecule has 0 saturated carbocycles. The van der Waals surface area contributed by atoms with E-state index in [1.807, 2.05) is 0 Å².